The van der Waals surface area contributed by atoms with Crippen molar-refractivity contribution >= 4 is 20.6 Å². The van der Waals surface area contributed by atoms with E-state index in [9.17, 15) is 10.2 Å². The van der Waals surface area contributed by atoms with Crippen LogP contribution in [-0.2, 0) is 0 Å². The molecule has 97 valence electrons. The maximum Gasteiger partial charge on any atom is 0.119 e. The van der Waals surface area contributed by atoms with E-state index < -0.39 is 0 Å². The molecule has 2 aromatic rings. The number of aromatic hydroxyl groups is 3. The van der Waals surface area contributed by atoms with Gasteiger partial charge in [0.05, 0.1) is 0 Å². The molecule has 0 amide bonds. The van der Waals surface area contributed by atoms with E-state index in [1.807, 2.05) is 6.08 Å². The van der Waals surface area contributed by atoms with Crippen LogP contribution < -0.4 is 0 Å². The summed E-state index contributed by atoms with van der Waals surface area (Å²) >= 11 is 0. The van der Waals surface area contributed by atoms with E-state index in [1.165, 1.54) is 6.07 Å². The van der Waals surface area contributed by atoms with Crippen LogP contribution >= 0.6 is 0 Å². The Hall–Kier alpha value is -2.36. The average Bonchev–Trinajstić information content (AvgIpc) is 2.27. The van der Waals surface area contributed by atoms with Gasteiger partial charge in [0.15, 0.2) is 0 Å². The van der Waals surface area contributed by atoms with Gasteiger partial charge in [-0.1, -0.05) is 31.7 Å². The minimum atomic E-state index is 0. The molecule has 0 aromatic heterocycles. The van der Waals surface area contributed by atoms with E-state index in [1.54, 1.807) is 42.5 Å². The monoisotopic (exact) mass is 255 g/mol. The van der Waals surface area contributed by atoms with Gasteiger partial charge < -0.3 is 15.3 Å². The van der Waals surface area contributed by atoms with Crippen LogP contribution in [0.2, 0.25) is 0 Å². The van der Waals surface area contributed by atoms with Crippen molar-refractivity contribution in [2.24, 2.45) is 0 Å². The summed E-state index contributed by atoms with van der Waals surface area (Å²) in [4.78, 5) is 0. The molecule has 2 aromatic carbocycles. The Bertz CT molecular complexity index is 528. The molecule has 3 radical (unpaired) electrons. The lowest BCUT2D eigenvalue weighted by atomic mass is 10.1. The third-order valence-electron chi connectivity index (χ3n) is 2.29. The lowest BCUT2D eigenvalue weighted by Crippen LogP contribution is -1.74. The Morgan fingerprint density at radius 3 is 1.63 bits per heavy atom. The zero-order valence-corrected chi connectivity index (χ0v) is 9.62. The largest absolute Gasteiger partial charge is 0.508 e. The highest BCUT2D eigenvalue weighted by atomic mass is 16.3. The predicted octanol–water partition coefficient (Wildman–Crippen LogP) is 3.23. The quantitative estimate of drug-likeness (QED) is 0.570. The van der Waals surface area contributed by atoms with Crippen LogP contribution in [-0.4, -0.2) is 23.7 Å². The Balaban J connectivity index is 0.00000162. The molecule has 0 saturated heterocycles. The molecule has 0 bridgehead atoms. The highest BCUT2D eigenvalue weighted by molar-refractivity contribution is 5.75. The van der Waals surface area contributed by atoms with Crippen LogP contribution in [0.5, 0.6) is 17.2 Å². The van der Waals surface area contributed by atoms with Gasteiger partial charge in [-0.05, 0) is 35.4 Å². The average molecular weight is 255 g/mol. The van der Waals surface area contributed by atoms with Crippen LogP contribution in [0, 0.1) is 0 Å². The summed E-state index contributed by atoms with van der Waals surface area (Å²) < 4.78 is 0. The van der Waals surface area contributed by atoms with Gasteiger partial charge in [0.1, 0.15) is 17.2 Å². The minimum absolute atomic E-state index is 0. The first kappa shape index (κ1) is 16.6. The van der Waals surface area contributed by atoms with Gasteiger partial charge in [0.25, 0.3) is 0 Å². The Kier molecular flexibility index (Phi) is 6.27. The second-order valence-corrected chi connectivity index (χ2v) is 3.71. The summed E-state index contributed by atoms with van der Waals surface area (Å²) in [7, 11) is 0. The third-order valence-corrected chi connectivity index (χ3v) is 2.29. The smallest absolute Gasteiger partial charge is 0.119 e. The molecule has 3 N–H and O–H groups in total. The van der Waals surface area contributed by atoms with Crippen LogP contribution in [0.1, 0.15) is 18.6 Å². The zero-order valence-electron chi connectivity index (χ0n) is 9.62. The number of phenolic OH excluding ortho intramolecular Hbond substituents is 3. The molecule has 0 spiro atoms. The van der Waals surface area contributed by atoms with E-state index in [4.69, 9.17) is 5.11 Å². The van der Waals surface area contributed by atoms with E-state index in [2.05, 4.69) is 0 Å². The molecule has 0 aliphatic carbocycles. The Morgan fingerprint density at radius 1 is 0.632 bits per heavy atom. The van der Waals surface area contributed by atoms with Gasteiger partial charge in [0.2, 0.25) is 0 Å². The van der Waals surface area contributed by atoms with Crippen LogP contribution in [0.3, 0.4) is 0 Å². The van der Waals surface area contributed by atoms with Crippen LogP contribution in [0.4, 0.5) is 0 Å². The number of phenols is 3. The lowest BCUT2D eigenvalue weighted by molar-refractivity contribution is 0.450. The number of hydrogen-bond acceptors (Lipinski definition) is 3. The highest BCUT2D eigenvalue weighted by Gasteiger charge is 1.95. The van der Waals surface area contributed by atoms with Crippen molar-refractivity contribution in [1.82, 2.24) is 0 Å². The van der Waals surface area contributed by atoms with Crippen molar-refractivity contribution in [3.63, 3.8) is 0 Å². The molecule has 3 nitrogen and oxygen atoms in total. The highest BCUT2D eigenvalue weighted by Crippen LogP contribution is 2.22. The van der Waals surface area contributed by atoms with Crippen molar-refractivity contribution in [3.8, 4) is 17.2 Å². The summed E-state index contributed by atoms with van der Waals surface area (Å²) in [5.41, 5.74) is 1.63. The molecular weight excluding hydrogens is 239 g/mol. The summed E-state index contributed by atoms with van der Waals surface area (Å²) in [6.45, 7) is 0. The van der Waals surface area contributed by atoms with E-state index in [0.717, 1.165) is 5.56 Å². The first-order valence-electron chi connectivity index (χ1n) is 5.13. The molecule has 0 fully saturated rings. The number of benzene rings is 2. The fraction of sp³-hybridized carbons (Fsp3) is 0.0667. The molecular formula is C15H16BO3. The Labute approximate surface area is 115 Å². The summed E-state index contributed by atoms with van der Waals surface area (Å²) in [5.74, 6) is 0.267. The summed E-state index contributed by atoms with van der Waals surface area (Å²) in [6.07, 6.45) is 3.60. The second-order valence-electron chi connectivity index (χ2n) is 3.71. The fourth-order valence-corrected chi connectivity index (χ4v) is 1.49. The van der Waals surface area contributed by atoms with Crippen molar-refractivity contribution < 1.29 is 15.3 Å². The van der Waals surface area contributed by atoms with Crippen molar-refractivity contribution in [2.45, 2.75) is 7.43 Å². The lowest BCUT2D eigenvalue weighted by Gasteiger charge is -1.98. The number of hydrogen-bond donors (Lipinski definition) is 3. The van der Waals surface area contributed by atoms with Crippen molar-refractivity contribution in [2.75, 3.05) is 0 Å². The van der Waals surface area contributed by atoms with E-state index in [-0.39, 0.29) is 33.1 Å². The van der Waals surface area contributed by atoms with Crippen molar-refractivity contribution in [1.29, 1.82) is 0 Å². The zero-order chi connectivity index (χ0) is 12.3. The molecule has 0 heterocycles. The first-order chi connectivity index (χ1) is 8.13. The van der Waals surface area contributed by atoms with Gasteiger partial charge in [-0.25, -0.2) is 0 Å². The minimum Gasteiger partial charge on any atom is -0.508 e. The molecule has 2 rings (SSSR count). The molecule has 0 unspecified atom stereocenters. The van der Waals surface area contributed by atoms with Crippen LogP contribution in [0.15, 0.2) is 42.5 Å². The van der Waals surface area contributed by atoms with E-state index >= 15 is 0 Å². The van der Waals surface area contributed by atoms with E-state index in [0.29, 0.717) is 5.56 Å². The predicted molar refractivity (Wildman–Crippen MR) is 79.3 cm³/mol. The second kappa shape index (κ2) is 7.16. The van der Waals surface area contributed by atoms with Gasteiger partial charge in [-0.3, -0.25) is 0 Å². The topological polar surface area (TPSA) is 60.7 Å². The molecule has 19 heavy (non-hydrogen) atoms. The standard InChI is InChI=1S/C14H12O3.CH4.B/c15-12-5-3-10(4-6-12)1-2-11-7-13(16)9-14(17)8-11;;/h1-9,15-17H;1H4;/b2-1+;;. The van der Waals surface area contributed by atoms with Crippen molar-refractivity contribution in [3.05, 3.63) is 53.6 Å². The molecule has 0 aliphatic rings. The normalized spacial score (nSPS) is 9.68. The molecule has 4 heteroatoms. The fourth-order valence-electron chi connectivity index (χ4n) is 1.49. The van der Waals surface area contributed by atoms with Crippen LogP contribution in [0.25, 0.3) is 12.2 Å². The summed E-state index contributed by atoms with van der Waals surface area (Å²) in [6, 6.07) is 11.1. The van der Waals surface area contributed by atoms with Gasteiger partial charge in [-0.15, -0.1) is 0 Å². The van der Waals surface area contributed by atoms with Gasteiger partial charge in [0, 0.05) is 14.5 Å². The maximum atomic E-state index is 9.30. The SMILES string of the molecule is C.Oc1ccc(/C=C/c2cc(O)cc(O)c2)cc1.[B]. The summed E-state index contributed by atoms with van der Waals surface area (Å²) in [5, 5.41) is 27.7. The molecule has 0 atom stereocenters. The molecule has 0 aliphatic heterocycles. The van der Waals surface area contributed by atoms with Gasteiger partial charge >= 0.3 is 0 Å². The first-order valence-corrected chi connectivity index (χ1v) is 5.13. The number of rotatable bonds is 2. The third kappa shape index (κ3) is 4.80. The molecule has 0 saturated carbocycles. The maximum absolute atomic E-state index is 9.30. The van der Waals surface area contributed by atoms with Gasteiger partial charge in [-0.2, -0.15) is 0 Å². The Morgan fingerprint density at radius 2 is 1.11 bits per heavy atom.